The van der Waals surface area contributed by atoms with Gasteiger partial charge in [0.1, 0.15) is 0 Å². The van der Waals surface area contributed by atoms with Gasteiger partial charge in [-0.2, -0.15) is 0 Å². The number of allylic oxidation sites excluding steroid dienone is 2. The van der Waals surface area contributed by atoms with E-state index < -0.39 is 17.7 Å². The maximum absolute atomic E-state index is 13.6. The molecule has 1 unspecified atom stereocenters. The Hall–Kier alpha value is -2.90. The Labute approximate surface area is 184 Å². The maximum Gasteiger partial charge on any atom is 0.271 e. The van der Waals surface area contributed by atoms with E-state index in [9.17, 15) is 18.4 Å². The van der Waals surface area contributed by atoms with Crippen LogP contribution in [0.5, 0.6) is 0 Å². The van der Waals surface area contributed by atoms with E-state index >= 15 is 0 Å². The van der Waals surface area contributed by atoms with E-state index in [0.29, 0.717) is 44.0 Å². The van der Waals surface area contributed by atoms with Gasteiger partial charge in [0, 0.05) is 17.0 Å². The van der Waals surface area contributed by atoms with E-state index in [1.165, 1.54) is 28.0 Å². The highest BCUT2D eigenvalue weighted by Crippen LogP contribution is 2.36. The van der Waals surface area contributed by atoms with Crippen LogP contribution in [0.2, 0.25) is 5.02 Å². The smallest absolute Gasteiger partial charge is 0.271 e. The van der Waals surface area contributed by atoms with E-state index in [-0.39, 0.29) is 11.3 Å². The van der Waals surface area contributed by atoms with Crippen LogP contribution >= 0.6 is 22.9 Å². The van der Waals surface area contributed by atoms with Gasteiger partial charge in [-0.1, -0.05) is 41.1 Å². The third kappa shape index (κ3) is 3.47. The van der Waals surface area contributed by atoms with Crippen molar-refractivity contribution in [3.63, 3.8) is 0 Å². The summed E-state index contributed by atoms with van der Waals surface area (Å²) in [5.41, 5.74) is 2.05. The summed E-state index contributed by atoms with van der Waals surface area (Å²) in [5, 5.41) is 0.554. The first-order valence-corrected chi connectivity index (χ1v) is 10.9. The van der Waals surface area contributed by atoms with Gasteiger partial charge >= 0.3 is 0 Å². The number of fused-ring (bicyclic) bond motifs is 1. The molecule has 2 aliphatic rings. The van der Waals surface area contributed by atoms with Crippen LogP contribution < -0.4 is 14.9 Å². The minimum Gasteiger partial charge on any atom is -0.294 e. The molecular formula is C23H15ClF2N2O2S. The van der Waals surface area contributed by atoms with Crippen LogP contribution in [0.1, 0.15) is 36.4 Å². The Morgan fingerprint density at radius 1 is 1.06 bits per heavy atom. The summed E-state index contributed by atoms with van der Waals surface area (Å²) in [7, 11) is 0. The maximum atomic E-state index is 13.6. The van der Waals surface area contributed by atoms with Gasteiger partial charge in [0.2, 0.25) is 0 Å². The van der Waals surface area contributed by atoms with Crippen molar-refractivity contribution in [2.45, 2.75) is 25.3 Å². The highest BCUT2D eigenvalue weighted by Gasteiger charge is 2.34. The molecule has 8 heteroatoms. The predicted octanol–water partition coefficient (Wildman–Crippen LogP) is 3.90. The first-order chi connectivity index (χ1) is 14.9. The highest BCUT2D eigenvalue weighted by atomic mass is 35.5. The lowest BCUT2D eigenvalue weighted by atomic mass is 9.86. The second kappa shape index (κ2) is 7.66. The third-order valence-corrected chi connectivity index (χ3v) is 6.69. The molecule has 0 spiro atoms. The number of rotatable bonds is 2. The molecular weight excluding hydrogens is 442 g/mol. The van der Waals surface area contributed by atoms with Crippen molar-refractivity contribution in [1.29, 1.82) is 0 Å². The highest BCUT2D eigenvalue weighted by molar-refractivity contribution is 7.07. The second-order valence-electron chi connectivity index (χ2n) is 7.44. The lowest BCUT2D eigenvalue weighted by Crippen LogP contribution is -2.40. The number of hydrogen-bond acceptors (Lipinski definition) is 4. The average Bonchev–Trinajstić information content (AvgIpc) is 3.05. The van der Waals surface area contributed by atoms with Crippen LogP contribution in [0.3, 0.4) is 0 Å². The molecule has 0 saturated carbocycles. The summed E-state index contributed by atoms with van der Waals surface area (Å²) in [4.78, 5) is 31.3. The van der Waals surface area contributed by atoms with E-state index in [1.54, 1.807) is 24.3 Å². The fourth-order valence-corrected chi connectivity index (χ4v) is 5.17. The summed E-state index contributed by atoms with van der Waals surface area (Å²) in [6, 6.07) is 9.92. The Kier molecular flexibility index (Phi) is 4.95. The molecule has 0 amide bonds. The third-order valence-electron chi connectivity index (χ3n) is 5.46. The summed E-state index contributed by atoms with van der Waals surface area (Å²) in [6.07, 6.45) is 3.31. The Bertz CT molecular complexity index is 1440. The molecule has 2 heterocycles. The molecule has 1 aliphatic carbocycles. The van der Waals surface area contributed by atoms with Crippen molar-refractivity contribution in [3.05, 3.63) is 101 Å². The van der Waals surface area contributed by atoms with Crippen molar-refractivity contribution in [3.8, 4) is 0 Å². The van der Waals surface area contributed by atoms with Crippen molar-refractivity contribution >= 4 is 34.8 Å². The number of carbonyl (C=O) groups excluding carboxylic acids is 1. The average molecular weight is 457 g/mol. The minimum atomic E-state index is -0.985. The van der Waals surface area contributed by atoms with Gasteiger partial charge in [0.05, 0.1) is 16.3 Å². The first-order valence-electron chi connectivity index (χ1n) is 9.71. The molecule has 3 aromatic rings. The molecule has 0 radical (unpaired) electrons. The van der Waals surface area contributed by atoms with Gasteiger partial charge in [0.25, 0.3) is 5.56 Å². The summed E-state index contributed by atoms with van der Waals surface area (Å²) in [5.74, 6) is -1.95. The molecule has 0 fully saturated rings. The van der Waals surface area contributed by atoms with Crippen molar-refractivity contribution in [2.75, 3.05) is 0 Å². The molecule has 5 rings (SSSR count). The van der Waals surface area contributed by atoms with Crippen molar-refractivity contribution in [2.24, 2.45) is 4.99 Å². The van der Waals surface area contributed by atoms with Crippen LogP contribution in [0.15, 0.2) is 63.5 Å². The van der Waals surface area contributed by atoms with Gasteiger partial charge in [0.15, 0.2) is 22.2 Å². The topological polar surface area (TPSA) is 51.4 Å². The van der Waals surface area contributed by atoms with E-state index in [0.717, 1.165) is 24.1 Å². The molecule has 31 heavy (non-hydrogen) atoms. The van der Waals surface area contributed by atoms with Gasteiger partial charge < -0.3 is 0 Å². The fraction of sp³-hybridized carbons (Fsp3) is 0.174. The van der Waals surface area contributed by atoms with Gasteiger partial charge in [-0.25, -0.2) is 13.8 Å². The van der Waals surface area contributed by atoms with Crippen molar-refractivity contribution in [1.82, 2.24) is 4.57 Å². The van der Waals surface area contributed by atoms with Crippen LogP contribution in [0.25, 0.3) is 6.08 Å². The number of thiazole rings is 1. The standard InChI is InChI=1S/C23H15ClF2N2O2S/c24-14-7-5-13(6-8-14)21-20-17(2-1-3-18(20)29)27-23-28(21)22(30)19(31-23)11-12-4-9-15(25)16(26)10-12/h4-11,21H,1-3H2. The minimum absolute atomic E-state index is 0.0140. The van der Waals surface area contributed by atoms with E-state index in [2.05, 4.69) is 4.99 Å². The number of benzene rings is 2. The number of ketones is 1. The largest absolute Gasteiger partial charge is 0.294 e. The molecule has 0 bridgehead atoms. The molecule has 1 atom stereocenters. The Morgan fingerprint density at radius 3 is 2.58 bits per heavy atom. The first kappa shape index (κ1) is 20.0. The lowest BCUT2D eigenvalue weighted by molar-refractivity contribution is -0.116. The van der Waals surface area contributed by atoms with Crippen LogP contribution in [0.4, 0.5) is 8.78 Å². The molecule has 1 aromatic heterocycles. The molecule has 4 nitrogen and oxygen atoms in total. The predicted molar refractivity (Wildman–Crippen MR) is 115 cm³/mol. The fourth-order valence-electron chi connectivity index (χ4n) is 4.02. The Morgan fingerprint density at radius 2 is 1.84 bits per heavy atom. The zero-order valence-electron chi connectivity index (χ0n) is 16.1. The summed E-state index contributed by atoms with van der Waals surface area (Å²) < 4.78 is 28.7. The van der Waals surface area contributed by atoms with Gasteiger partial charge in [-0.05, 0) is 54.3 Å². The van der Waals surface area contributed by atoms with E-state index in [4.69, 9.17) is 11.6 Å². The second-order valence-corrected chi connectivity index (χ2v) is 8.89. The molecule has 1 aliphatic heterocycles. The zero-order chi connectivity index (χ0) is 21.7. The normalized spacial score (nSPS) is 18.6. The summed E-state index contributed by atoms with van der Waals surface area (Å²) >= 11 is 7.21. The van der Waals surface area contributed by atoms with Crippen LogP contribution in [-0.4, -0.2) is 10.4 Å². The Balaban J connectivity index is 1.75. The molecule has 0 saturated heterocycles. The number of carbonyl (C=O) groups is 1. The molecule has 2 aromatic carbocycles. The summed E-state index contributed by atoms with van der Waals surface area (Å²) in [6.45, 7) is 0. The molecule has 156 valence electrons. The van der Waals surface area contributed by atoms with Crippen LogP contribution in [-0.2, 0) is 4.79 Å². The zero-order valence-corrected chi connectivity index (χ0v) is 17.6. The monoisotopic (exact) mass is 456 g/mol. The van der Waals surface area contributed by atoms with Crippen LogP contribution in [0, 0.1) is 11.6 Å². The molecule has 0 N–H and O–H groups in total. The van der Waals surface area contributed by atoms with Gasteiger partial charge in [-0.15, -0.1) is 0 Å². The van der Waals surface area contributed by atoms with Crippen molar-refractivity contribution < 1.29 is 13.6 Å². The van der Waals surface area contributed by atoms with E-state index in [1.807, 2.05) is 0 Å². The number of aromatic nitrogens is 1. The lowest BCUT2D eigenvalue weighted by Gasteiger charge is -2.28. The SMILES string of the molecule is O=C1CCCC2=C1C(c1ccc(Cl)cc1)n1c(sc(=Cc3ccc(F)c(F)c3)c1=O)=N2. The number of nitrogens with zero attached hydrogens (tertiary/aromatic N) is 2. The van der Waals surface area contributed by atoms with Gasteiger partial charge in [-0.3, -0.25) is 14.2 Å². The quantitative estimate of drug-likeness (QED) is 0.587. The number of Topliss-reactive ketones (excluding diaryl/α,β-unsaturated/α-hetero) is 1. The number of halogens is 3. The number of hydrogen-bond donors (Lipinski definition) is 0.